The maximum absolute atomic E-state index is 6.13. The van der Waals surface area contributed by atoms with E-state index in [0.717, 1.165) is 0 Å². The highest BCUT2D eigenvalue weighted by molar-refractivity contribution is 6.88. The lowest BCUT2D eigenvalue weighted by molar-refractivity contribution is 0.580. The molecule has 0 fully saturated rings. The molecule has 0 N–H and O–H groups in total. The van der Waals surface area contributed by atoms with E-state index >= 15 is 0 Å². The van der Waals surface area contributed by atoms with Gasteiger partial charge in [0.05, 0.1) is 0 Å². The molecule has 0 amide bonds. The van der Waals surface area contributed by atoms with Crippen molar-refractivity contribution < 1.29 is 4.12 Å². The summed E-state index contributed by atoms with van der Waals surface area (Å²) in [5, 5.41) is 0. The largest absolute Gasteiger partial charge is 0.458 e. The summed E-state index contributed by atoms with van der Waals surface area (Å²) in [6.45, 7) is 16.5. The third-order valence-corrected chi connectivity index (χ3v) is 13.1. The van der Waals surface area contributed by atoms with Gasteiger partial charge in [0, 0.05) is 8.07 Å². The molecule has 0 aliphatic carbocycles. The Hall–Kier alpha value is 0.611. The first-order valence-corrected chi connectivity index (χ1v) is 14.3. The summed E-state index contributed by atoms with van der Waals surface area (Å²) < 4.78 is 6.13. The van der Waals surface area contributed by atoms with Gasteiger partial charge in [0.2, 0.25) is 0 Å². The van der Waals surface area contributed by atoms with Crippen molar-refractivity contribution in [2.45, 2.75) is 58.9 Å². The molecule has 0 radical (unpaired) electrons. The lowest BCUT2D eigenvalue weighted by Gasteiger charge is -2.27. The number of hydrogen-bond donors (Lipinski definition) is 0. The van der Waals surface area contributed by atoms with Gasteiger partial charge in [0.15, 0.2) is 17.4 Å². The van der Waals surface area contributed by atoms with Crippen LogP contribution in [-0.2, 0) is 4.12 Å². The highest BCUT2D eigenvalue weighted by Crippen LogP contribution is 2.15. The lowest BCUT2D eigenvalue weighted by atomic mass is 11.7. The predicted molar refractivity (Wildman–Crippen MR) is 72.3 cm³/mol. The standard InChI is InChI=1S/C8H24OSi3.CH4/c1-10(8-11(2,3)4)9-12(5,6)7;/h10H,8H2,1-7H3;1H4. The van der Waals surface area contributed by atoms with Gasteiger partial charge in [-0.3, -0.25) is 0 Å². The molecule has 0 bridgehead atoms. The third kappa shape index (κ3) is 12.6. The SMILES string of the molecule is C.C[SiH](C[Si](C)(C)C)O[Si](C)(C)C. The Bertz CT molecular complexity index is 119. The normalized spacial score (nSPS) is 15.0. The summed E-state index contributed by atoms with van der Waals surface area (Å²) in [6.07, 6.45) is 0. The number of hydrogen-bond acceptors (Lipinski definition) is 1. The quantitative estimate of drug-likeness (QED) is 0.676. The molecule has 4 heteroatoms. The molecule has 1 atom stereocenters. The van der Waals surface area contributed by atoms with Crippen molar-refractivity contribution in [2.75, 3.05) is 0 Å². The van der Waals surface area contributed by atoms with Crippen molar-refractivity contribution in [1.82, 2.24) is 0 Å². The lowest BCUT2D eigenvalue weighted by Crippen LogP contribution is -2.38. The average Bonchev–Trinajstić information content (AvgIpc) is 1.49. The molecular weight excluding hydrogens is 208 g/mol. The first kappa shape index (κ1) is 16.1. The number of rotatable bonds is 4. The summed E-state index contributed by atoms with van der Waals surface area (Å²) in [7, 11) is -2.93. The molecule has 13 heavy (non-hydrogen) atoms. The Morgan fingerprint density at radius 1 is 1.00 bits per heavy atom. The van der Waals surface area contributed by atoms with Gasteiger partial charge in [-0.15, -0.1) is 0 Å². The maximum atomic E-state index is 6.13. The van der Waals surface area contributed by atoms with Gasteiger partial charge in [-0.1, -0.05) is 27.1 Å². The van der Waals surface area contributed by atoms with E-state index < -0.39 is 25.4 Å². The summed E-state index contributed by atoms with van der Waals surface area (Å²) in [5.41, 5.74) is 1.43. The topological polar surface area (TPSA) is 9.23 Å². The molecule has 1 nitrogen and oxygen atoms in total. The van der Waals surface area contributed by atoms with Crippen LogP contribution in [0.2, 0.25) is 51.5 Å². The fraction of sp³-hybridized carbons (Fsp3) is 1.00. The molecule has 0 spiro atoms. The molecule has 0 heterocycles. The van der Waals surface area contributed by atoms with Crippen molar-refractivity contribution in [3.05, 3.63) is 0 Å². The van der Waals surface area contributed by atoms with Crippen molar-refractivity contribution >= 4 is 25.4 Å². The zero-order valence-corrected chi connectivity index (χ0v) is 12.8. The molecule has 0 saturated carbocycles. The van der Waals surface area contributed by atoms with Crippen molar-refractivity contribution in [2.24, 2.45) is 0 Å². The molecule has 0 aromatic carbocycles. The Kier molecular flexibility index (Phi) is 6.77. The molecule has 0 aliphatic heterocycles. The van der Waals surface area contributed by atoms with Crippen LogP contribution in [0.25, 0.3) is 0 Å². The van der Waals surface area contributed by atoms with Crippen LogP contribution in [0.1, 0.15) is 7.43 Å². The van der Waals surface area contributed by atoms with E-state index in [1.54, 1.807) is 0 Å². The van der Waals surface area contributed by atoms with Crippen LogP contribution in [0, 0.1) is 0 Å². The van der Waals surface area contributed by atoms with Gasteiger partial charge in [-0.05, 0) is 31.9 Å². The van der Waals surface area contributed by atoms with Crippen molar-refractivity contribution in [3.8, 4) is 0 Å². The first-order valence-electron chi connectivity index (χ1n) is 4.78. The second-order valence-electron chi connectivity index (χ2n) is 5.81. The van der Waals surface area contributed by atoms with Crippen molar-refractivity contribution in [1.29, 1.82) is 0 Å². The van der Waals surface area contributed by atoms with Crippen LogP contribution in [0.3, 0.4) is 0 Å². The molecule has 0 aromatic rings. The highest BCUT2D eigenvalue weighted by Gasteiger charge is 2.24. The van der Waals surface area contributed by atoms with Crippen LogP contribution in [0.15, 0.2) is 0 Å². The van der Waals surface area contributed by atoms with E-state index in [1.807, 2.05) is 0 Å². The molecule has 0 rings (SSSR count). The zero-order chi connectivity index (χ0) is 9.99. The molecule has 1 unspecified atom stereocenters. The van der Waals surface area contributed by atoms with Gasteiger partial charge in [0.25, 0.3) is 0 Å². The van der Waals surface area contributed by atoms with Crippen LogP contribution in [0.5, 0.6) is 0 Å². The van der Waals surface area contributed by atoms with Gasteiger partial charge in [0.1, 0.15) is 0 Å². The van der Waals surface area contributed by atoms with Gasteiger partial charge < -0.3 is 4.12 Å². The summed E-state index contributed by atoms with van der Waals surface area (Å²) in [6, 6.07) is 0. The van der Waals surface area contributed by atoms with E-state index in [-0.39, 0.29) is 7.43 Å². The Morgan fingerprint density at radius 2 is 1.38 bits per heavy atom. The van der Waals surface area contributed by atoms with E-state index in [1.165, 1.54) is 5.67 Å². The van der Waals surface area contributed by atoms with Crippen LogP contribution in [0.4, 0.5) is 0 Å². The average molecular weight is 237 g/mol. The van der Waals surface area contributed by atoms with E-state index in [9.17, 15) is 0 Å². The highest BCUT2D eigenvalue weighted by atomic mass is 28.4. The minimum Gasteiger partial charge on any atom is -0.458 e. The van der Waals surface area contributed by atoms with E-state index in [0.29, 0.717) is 0 Å². The predicted octanol–water partition coefficient (Wildman–Crippen LogP) is 3.71. The third-order valence-electron chi connectivity index (χ3n) is 1.45. The van der Waals surface area contributed by atoms with Gasteiger partial charge in [-0.2, -0.15) is 0 Å². The molecule has 82 valence electrons. The zero-order valence-electron chi connectivity index (χ0n) is 9.69. The van der Waals surface area contributed by atoms with Gasteiger partial charge in [-0.25, -0.2) is 0 Å². The van der Waals surface area contributed by atoms with Crippen LogP contribution < -0.4 is 0 Å². The van der Waals surface area contributed by atoms with Crippen LogP contribution >= 0.6 is 0 Å². The van der Waals surface area contributed by atoms with Crippen LogP contribution in [-0.4, -0.2) is 25.4 Å². The maximum Gasteiger partial charge on any atom is 0.170 e. The minimum atomic E-state index is -1.24. The monoisotopic (exact) mass is 236 g/mol. The Morgan fingerprint density at radius 3 is 1.62 bits per heavy atom. The smallest absolute Gasteiger partial charge is 0.170 e. The van der Waals surface area contributed by atoms with E-state index in [4.69, 9.17) is 4.12 Å². The Balaban J connectivity index is 0. The van der Waals surface area contributed by atoms with Gasteiger partial charge >= 0.3 is 0 Å². The Labute approximate surface area is 88.8 Å². The molecule has 0 aromatic heterocycles. The summed E-state index contributed by atoms with van der Waals surface area (Å²) >= 11 is 0. The molecule has 0 aliphatic rings. The van der Waals surface area contributed by atoms with Crippen molar-refractivity contribution in [3.63, 3.8) is 0 Å². The molecule has 0 saturated heterocycles. The molecular formula is C9H28OSi3. The first-order chi connectivity index (χ1) is 5.10. The van der Waals surface area contributed by atoms with E-state index in [2.05, 4.69) is 45.8 Å². The second kappa shape index (κ2) is 5.48. The summed E-state index contributed by atoms with van der Waals surface area (Å²) in [4.78, 5) is 0. The summed E-state index contributed by atoms with van der Waals surface area (Å²) in [5.74, 6) is 0. The fourth-order valence-corrected chi connectivity index (χ4v) is 14.3. The fourth-order valence-electron chi connectivity index (χ4n) is 1.51. The second-order valence-corrected chi connectivity index (χ2v) is 19.3. The minimum absolute atomic E-state index is 0.